The summed E-state index contributed by atoms with van der Waals surface area (Å²) in [5.41, 5.74) is 1.20. The fourth-order valence-corrected chi connectivity index (χ4v) is 4.10. The molecule has 31 heavy (non-hydrogen) atoms. The van der Waals surface area contributed by atoms with Gasteiger partial charge in [-0.15, -0.1) is 0 Å². The molecule has 1 aliphatic rings. The molecule has 0 spiro atoms. The summed E-state index contributed by atoms with van der Waals surface area (Å²) in [4.78, 5) is 31.2. The number of rotatable bonds is 4. The van der Waals surface area contributed by atoms with Crippen LogP contribution in [0.1, 0.15) is 48.3 Å². The smallest absolute Gasteiger partial charge is 0.387 e. The number of carbonyl (C=O) groups is 1. The minimum Gasteiger partial charge on any atom is -0.493 e. The highest BCUT2D eigenvalue weighted by molar-refractivity contribution is 5.88. The van der Waals surface area contributed by atoms with Crippen molar-refractivity contribution < 1.29 is 28.2 Å². The standard InChI is InChI=1S/C21H21F2N3O5/c1-21(2,3)12-7-13-16(15-10(12)6-11(19(28)29)18(27)25-15)24-17-14(30-4)5-9(8-26(13)17)31-20(22)23/h5-6,8,12,20H,7H2,1-4H3,(H,25,27)(H,28,29). The fraction of sp³-hybridized carbons (Fsp3) is 0.381. The van der Waals surface area contributed by atoms with Gasteiger partial charge in [-0.25, -0.2) is 9.78 Å². The topological polar surface area (TPSA) is 106 Å². The molecule has 1 atom stereocenters. The number of halogens is 2. The molecule has 3 aromatic heterocycles. The number of imidazole rings is 1. The molecule has 3 heterocycles. The zero-order valence-corrected chi connectivity index (χ0v) is 17.3. The quantitative estimate of drug-likeness (QED) is 0.650. The van der Waals surface area contributed by atoms with Crippen molar-refractivity contribution >= 4 is 11.6 Å². The van der Waals surface area contributed by atoms with Crippen LogP contribution in [-0.4, -0.2) is 39.2 Å². The molecule has 0 fully saturated rings. The summed E-state index contributed by atoms with van der Waals surface area (Å²) in [5.74, 6) is -1.35. The molecule has 4 rings (SSSR count). The van der Waals surface area contributed by atoms with Crippen molar-refractivity contribution in [1.82, 2.24) is 14.4 Å². The summed E-state index contributed by atoms with van der Waals surface area (Å²) in [5, 5.41) is 9.41. The Hall–Kier alpha value is -3.43. The van der Waals surface area contributed by atoms with Crippen molar-refractivity contribution in [3.8, 4) is 22.9 Å². The van der Waals surface area contributed by atoms with Crippen LogP contribution in [0.25, 0.3) is 17.0 Å². The zero-order valence-electron chi connectivity index (χ0n) is 17.3. The number of hydrogen-bond donors (Lipinski definition) is 2. The van der Waals surface area contributed by atoms with Gasteiger partial charge in [-0.3, -0.25) is 9.20 Å². The number of carboxylic acids is 1. The molecule has 10 heteroatoms. The number of methoxy groups -OCH3 is 1. The molecule has 1 unspecified atom stereocenters. The first kappa shape index (κ1) is 20.8. The van der Waals surface area contributed by atoms with Gasteiger partial charge < -0.3 is 19.6 Å². The van der Waals surface area contributed by atoms with Gasteiger partial charge in [0.1, 0.15) is 17.0 Å². The Morgan fingerprint density at radius 2 is 2.06 bits per heavy atom. The first-order chi connectivity index (χ1) is 14.5. The highest BCUT2D eigenvalue weighted by Crippen LogP contribution is 2.47. The number of aromatic carboxylic acids is 1. The van der Waals surface area contributed by atoms with Gasteiger partial charge in [0.2, 0.25) is 0 Å². The molecule has 164 valence electrons. The average molecular weight is 433 g/mol. The number of hydrogen-bond acceptors (Lipinski definition) is 5. The number of aromatic nitrogens is 3. The molecule has 2 N–H and O–H groups in total. The number of pyridine rings is 2. The summed E-state index contributed by atoms with van der Waals surface area (Å²) in [6.45, 7) is 3.02. The van der Waals surface area contributed by atoms with Crippen LogP contribution in [0.2, 0.25) is 0 Å². The lowest BCUT2D eigenvalue weighted by Gasteiger charge is -2.35. The Labute approximate surface area is 175 Å². The average Bonchev–Trinajstić information content (AvgIpc) is 3.03. The number of aromatic amines is 1. The normalized spacial score (nSPS) is 15.6. The monoisotopic (exact) mass is 433 g/mol. The Kier molecular flexibility index (Phi) is 4.75. The first-order valence-electron chi connectivity index (χ1n) is 9.56. The number of H-pyrrole nitrogens is 1. The van der Waals surface area contributed by atoms with Crippen LogP contribution < -0.4 is 15.0 Å². The lowest BCUT2D eigenvalue weighted by atomic mass is 9.70. The Morgan fingerprint density at radius 3 is 2.65 bits per heavy atom. The second-order valence-electron chi connectivity index (χ2n) is 8.49. The van der Waals surface area contributed by atoms with Gasteiger partial charge in [0.05, 0.1) is 24.7 Å². The molecule has 0 amide bonds. The number of nitrogens with one attached hydrogen (secondary N) is 1. The van der Waals surface area contributed by atoms with E-state index in [1.807, 2.05) is 20.8 Å². The second-order valence-corrected chi connectivity index (χ2v) is 8.49. The molecule has 0 saturated heterocycles. The van der Waals surface area contributed by atoms with E-state index in [2.05, 4.69) is 14.7 Å². The molecule has 0 bridgehead atoms. The van der Waals surface area contributed by atoms with E-state index in [1.165, 1.54) is 25.4 Å². The van der Waals surface area contributed by atoms with Crippen molar-refractivity contribution in [1.29, 1.82) is 0 Å². The van der Waals surface area contributed by atoms with Crippen LogP contribution in [0.15, 0.2) is 23.1 Å². The number of carboxylic acid groups (broad SMARTS) is 1. The van der Waals surface area contributed by atoms with Gasteiger partial charge in [-0.05, 0) is 29.4 Å². The number of ether oxygens (including phenoxy) is 2. The third-order valence-corrected chi connectivity index (χ3v) is 5.56. The van der Waals surface area contributed by atoms with Crippen LogP contribution in [-0.2, 0) is 6.42 Å². The lowest BCUT2D eigenvalue weighted by Crippen LogP contribution is -2.29. The third-order valence-electron chi connectivity index (χ3n) is 5.56. The van der Waals surface area contributed by atoms with E-state index in [1.54, 1.807) is 4.40 Å². The maximum atomic E-state index is 12.8. The van der Waals surface area contributed by atoms with E-state index in [4.69, 9.17) is 4.74 Å². The number of alkyl halides is 2. The van der Waals surface area contributed by atoms with Gasteiger partial charge in [0.15, 0.2) is 11.4 Å². The Bertz CT molecular complexity index is 1260. The summed E-state index contributed by atoms with van der Waals surface area (Å²) in [6.07, 6.45) is 1.85. The summed E-state index contributed by atoms with van der Waals surface area (Å²) in [6, 6.07) is 2.72. The SMILES string of the molecule is COc1cc(OC(F)F)cn2c3c(nc12)-c1[nH]c(=O)c(C(=O)O)cc1C(C(C)(C)C)C3. The van der Waals surface area contributed by atoms with E-state index in [0.717, 1.165) is 0 Å². The van der Waals surface area contributed by atoms with E-state index >= 15 is 0 Å². The molecule has 0 aliphatic heterocycles. The summed E-state index contributed by atoms with van der Waals surface area (Å²) in [7, 11) is 1.39. The predicted octanol–water partition coefficient (Wildman–Crippen LogP) is 3.68. The summed E-state index contributed by atoms with van der Waals surface area (Å²) >= 11 is 0. The molecule has 0 radical (unpaired) electrons. The van der Waals surface area contributed by atoms with Gasteiger partial charge >= 0.3 is 12.6 Å². The minimum atomic E-state index is -3.00. The van der Waals surface area contributed by atoms with Crippen molar-refractivity contribution in [2.45, 2.75) is 39.7 Å². The lowest BCUT2D eigenvalue weighted by molar-refractivity contribution is -0.0502. The highest BCUT2D eigenvalue weighted by Gasteiger charge is 2.37. The molecule has 8 nitrogen and oxygen atoms in total. The van der Waals surface area contributed by atoms with Gasteiger partial charge in [0, 0.05) is 6.07 Å². The van der Waals surface area contributed by atoms with Crippen molar-refractivity contribution in [2.24, 2.45) is 5.41 Å². The van der Waals surface area contributed by atoms with Crippen LogP contribution >= 0.6 is 0 Å². The van der Waals surface area contributed by atoms with Gasteiger partial charge in [0.25, 0.3) is 5.56 Å². The Morgan fingerprint density at radius 1 is 1.35 bits per heavy atom. The van der Waals surface area contributed by atoms with Crippen molar-refractivity contribution in [3.63, 3.8) is 0 Å². The first-order valence-corrected chi connectivity index (χ1v) is 9.56. The molecule has 0 aromatic carbocycles. The van der Waals surface area contributed by atoms with Crippen LogP contribution in [0.5, 0.6) is 11.5 Å². The molecule has 3 aromatic rings. The third kappa shape index (κ3) is 3.41. The highest BCUT2D eigenvalue weighted by atomic mass is 19.3. The molecule has 1 aliphatic carbocycles. The zero-order chi connectivity index (χ0) is 22.7. The second kappa shape index (κ2) is 7.07. The molecular formula is C21H21F2N3O5. The van der Waals surface area contributed by atoms with E-state index in [9.17, 15) is 23.5 Å². The minimum absolute atomic E-state index is 0.0904. The fourth-order valence-electron chi connectivity index (χ4n) is 4.10. The van der Waals surface area contributed by atoms with Crippen LogP contribution in [0.3, 0.4) is 0 Å². The van der Waals surface area contributed by atoms with E-state index in [0.29, 0.717) is 34.7 Å². The van der Waals surface area contributed by atoms with Gasteiger partial charge in [-0.2, -0.15) is 8.78 Å². The summed E-state index contributed by atoms with van der Waals surface area (Å²) < 4.78 is 37.1. The molecule has 0 saturated carbocycles. The van der Waals surface area contributed by atoms with Crippen molar-refractivity contribution in [2.75, 3.05) is 7.11 Å². The van der Waals surface area contributed by atoms with Crippen molar-refractivity contribution in [3.05, 3.63) is 45.5 Å². The maximum absolute atomic E-state index is 12.8. The predicted molar refractivity (Wildman–Crippen MR) is 107 cm³/mol. The van der Waals surface area contributed by atoms with Crippen LogP contribution in [0, 0.1) is 5.41 Å². The van der Waals surface area contributed by atoms with Gasteiger partial charge in [-0.1, -0.05) is 20.8 Å². The maximum Gasteiger partial charge on any atom is 0.387 e. The van der Waals surface area contributed by atoms with Crippen LogP contribution in [0.4, 0.5) is 8.78 Å². The van der Waals surface area contributed by atoms with E-state index < -0.39 is 18.1 Å². The number of nitrogens with zero attached hydrogens (tertiary/aromatic N) is 2. The van der Waals surface area contributed by atoms with E-state index in [-0.39, 0.29) is 28.4 Å². The largest absolute Gasteiger partial charge is 0.493 e. The molecular weight excluding hydrogens is 412 g/mol. The Balaban J connectivity index is 2.04. The number of fused-ring (bicyclic) bond motifs is 5.